The number of aryl methyl sites for hydroxylation is 1. The van der Waals surface area contributed by atoms with Gasteiger partial charge in [0, 0.05) is 37.9 Å². The standard InChI is InChI=1S/C22H25N7O2/c1-14-13-29-17(12-24-14)11-20(26-29)22(31)25-19-5-4-16(10-18(19)21(23)30)28-8-6-27(7-9-28)15-2-3-15/h4-5,10-13,15H,2-3,6-9H2,1H3,(H2,23,30)(H,25,31). The summed E-state index contributed by atoms with van der Waals surface area (Å²) in [7, 11) is 0. The van der Waals surface area contributed by atoms with Crippen LogP contribution in [0.25, 0.3) is 5.52 Å². The highest BCUT2D eigenvalue weighted by Crippen LogP contribution is 2.29. The third-order valence-electron chi connectivity index (χ3n) is 5.97. The van der Waals surface area contributed by atoms with Crippen molar-refractivity contribution in [3.05, 3.63) is 53.6 Å². The summed E-state index contributed by atoms with van der Waals surface area (Å²) in [5.74, 6) is -0.988. The van der Waals surface area contributed by atoms with Crippen molar-refractivity contribution in [1.82, 2.24) is 19.5 Å². The van der Waals surface area contributed by atoms with Gasteiger partial charge in [0.2, 0.25) is 0 Å². The van der Waals surface area contributed by atoms with Crippen molar-refractivity contribution in [1.29, 1.82) is 0 Å². The van der Waals surface area contributed by atoms with Crippen molar-refractivity contribution in [3.8, 4) is 0 Å². The largest absolute Gasteiger partial charge is 0.369 e. The monoisotopic (exact) mass is 419 g/mol. The predicted molar refractivity (Wildman–Crippen MR) is 117 cm³/mol. The number of rotatable bonds is 5. The molecule has 0 unspecified atom stereocenters. The Morgan fingerprint density at radius 3 is 2.61 bits per heavy atom. The van der Waals surface area contributed by atoms with Crippen LogP contribution in [0.1, 0.15) is 39.4 Å². The number of nitrogens with zero attached hydrogens (tertiary/aromatic N) is 5. The van der Waals surface area contributed by atoms with Crippen LogP contribution in [0.2, 0.25) is 0 Å². The van der Waals surface area contributed by atoms with E-state index in [1.165, 1.54) is 12.8 Å². The maximum atomic E-state index is 12.8. The van der Waals surface area contributed by atoms with Crippen molar-refractivity contribution in [2.24, 2.45) is 5.73 Å². The second-order valence-electron chi connectivity index (χ2n) is 8.23. The number of piperazine rings is 1. The zero-order valence-electron chi connectivity index (χ0n) is 17.4. The summed E-state index contributed by atoms with van der Waals surface area (Å²) in [6.07, 6.45) is 6.02. The molecule has 0 radical (unpaired) electrons. The van der Waals surface area contributed by atoms with E-state index >= 15 is 0 Å². The van der Waals surface area contributed by atoms with E-state index in [4.69, 9.17) is 5.73 Å². The average molecular weight is 419 g/mol. The molecule has 2 fully saturated rings. The second kappa shape index (κ2) is 7.66. The molecule has 0 spiro atoms. The lowest BCUT2D eigenvalue weighted by Gasteiger charge is -2.36. The number of hydrogen-bond acceptors (Lipinski definition) is 6. The van der Waals surface area contributed by atoms with E-state index in [0.29, 0.717) is 11.2 Å². The van der Waals surface area contributed by atoms with Gasteiger partial charge in [0.05, 0.1) is 34.9 Å². The maximum Gasteiger partial charge on any atom is 0.276 e. The fourth-order valence-electron chi connectivity index (χ4n) is 4.11. The molecule has 3 heterocycles. The topological polar surface area (TPSA) is 109 Å². The molecule has 31 heavy (non-hydrogen) atoms. The van der Waals surface area contributed by atoms with Gasteiger partial charge in [-0.05, 0) is 44.0 Å². The number of fused-ring (bicyclic) bond motifs is 1. The predicted octanol–water partition coefficient (Wildman–Crippen LogP) is 1.67. The smallest absolute Gasteiger partial charge is 0.276 e. The zero-order valence-corrected chi connectivity index (χ0v) is 17.4. The van der Waals surface area contributed by atoms with Crippen molar-refractivity contribution >= 4 is 28.7 Å². The van der Waals surface area contributed by atoms with Crippen LogP contribution in [0.5, 0.6) is 0 Å². The minimum Gasteiger partial charge on any atom is -0.369 e. The SMILES string of the molecule is Cc1cn2nc(C(=O)Nc3ccc(N4CCN(C5CC5)CC4)cc3C(N)=O)cc2cn1. The molecule has 160 valence electrons. The number of nitrogens with one attached hydrogen (secondary N) is 1. The van der Waals surface area contributed by atoms with Gasteiger partial charge in [0.1, 0.15) is 0 Å². The summed E-state index contributed by atoms with van der Waals surface area (Å²) in [5.41, 5.74) is 8.99. The van der Waals surface area contributed by atoms with Gasteiger partial charge in [0.25, 0.3) is 11.8 Å². The first-order valence-electron chi connectivity index (χ1n) is 10.5. The molecule has 0 atom stereocenters. The van der Waals surface area contributed by atoms with Gasteiger partial charge in [-0.1, -0.05) is 0 Å². The highest BCUT2D eigenvalue weighted by molar-refractivity contribution is 6.08. The Labute approximate surface area is 179 Å². The van der Waals surface area contributed by atoms with Gasteiger partial charge in [-0.15, -0.1) is 0 Å². The molecule has 1 aliphatic heterocycles. The fourth-order valence-corrected chi connectivity index (χ4v) is 4.11. The Morgan fingerprint density at radius 1 is 1.13 bits per heavy atom. The summed E-state index contributed by atoms with van der Waals surface area (Å²) in [4.78, 5) is 33.9. The summed E-state index contributed by atoms with van der Waals surface area (Å²) in [5, 5.41) is 7.08. The number of anilines is 2. The first kappa shape index (κ1) is 19.5. The molecule has 1 aliphatic carbocycles. The summed E-state index contributed by atoms with van der Waals surface area (Å²) in [6, 6.07) is 7.84. The van der Waals surface area contributed by atoms with Gasteiger partial charge in [-0.25, -0.2) is 4.52 Å². The highest BCUT2D eigenvalue weighted by Gasteiger charge is 2.31. The molecule has 2 amide bonds. The molecule has 9 nitrogen and oxygen atoms in total. The van der Waals surface area contributed by atoms with Crippen molar-refractivity contribution < 1.29 is 9.59 Å². The molecule has 2 aliphatic rings. The van der Waals surface area contributed by atoms with E-state index in [2.05, 4.69) is 25.2 Å². The molecule has 0 bridgehead atoms. The van der Waals surface area contributed by atoms with E-state index in [9.17, 15) is 9.59 Å². The number of benzene rings is 1. The van der Waals surface area contributed by atoms with E-state index in [1.807, 2.05) is 13.0 Å². The quantitative estimate of drug-likeness (QED) is 0.651. The average Bonchev–Trinajstić information content (AvgIpc) is 3.53. The fraction of sp³-hybridized carbons (Fsp3) is 0.364. The Morgan fingerprint density at radius 2 is 1.90 bits per heavy atom. The summed E-state index contributed by atoms with van der Waals surface area (Å²) in [6.45, 7) is 5.73. The van der Waals surface area contributed by atoms with Crippen molar-refractivity contribution in [2.75, 3.05) is 36.4 Å². The van der Waals surface area contributed by atoms with Crippen LogP contribution in [-0.4, -0.2) is 63.5 Å². The summed E-state index contributed by atoms with van der Waals surface area (Å²) >= 11 is 0. The van der Waals surface area contributed by atoms with Gasteiger partial charge in [-0.2, -0.15) is 5.10 Å². The number of carbonyl (C=O) groups is 2. The Balaban J connectivity index is 1.34. The van der Waals surface area contributed by atoms with Gasteiger partial charge in [0.15, 0.2) is 5.69 Å². The van der Waals surface area contributed by atoms with E-state index in [-0.39, 0.29) is 11.3 Å². The van der Waals surface area contributed by atoms with Crippen LogP contribution in [0.3, 0.4) is 0 Å². The minimum atomic E-state index is -0.580. The molecule has 1 saturated heterocycles. The molecule has 3 aromatic rings. The van der Waals surface area contributed by atoms with Crippen LogP contribution >= 0.6 is 0 Å². The molecule has 9 heteroatoms. The lowest BCUT2D eigenvalue weighted by atomic mass is 10.1. The van der Waals surface area contributed by atoms with Gasteiger partial charge < -0.3 is 16.0 Å². The molecular formula is C22H25N7O2. The lowest BCUT2D eigenvalue weighted by Crippen LogP contribution is -2.47. The zero-order chi connectivity index (χ0) is 21.5. The van der Waals surface area contributed by atoms with Crippen molar-refractivity contribution in [2.45, 2.75) is 25.8 Å². The van der Waals surface area contributed by atoms with Crippen LogP contribution in [0.15, 0.2) is 36.7 Å². The Bertz CT molecular complexity index is 1160. The highest BCUT2D eigenvalue weighted by atomic mass is 16.2. The third-order valence-corrected chi connectivity index (χ3v) is 5.97. The van der Waals surface area contributed by atoms with E-state index in [1.54, 1.807) is 35.1 Å². The molecule has 3 N–H and O–H groups in total. The lowest BCUT2D eigenvalue weighted by molar-refractivity contribution is 0.100. The molecular weight excluding hydrogens is 394 g/mol. The Kier molecular flexibility index (Phi) is 4.82. The Hall–Kier alpha value is -3.46. The molecule has 5 rings (SSSR count). The van der Waals surface area contributed by atoms with Crippen LogP contribution < -0.4 is 16.0 Å². The van der Waals surface area contributed by atoms with Crippen LogP contribution in [0.4, 0.5) is 11.4 Å². The van der Waals surface area contributed by atoms with Crippen LogP contribution in [-0.2, 0) is 0 Å². The van der Waals surface area contributed by atoms with Gasteiger partial charge in [-0.3, -0.25) is 19.5 Å². The van der Waals surface area contributed by atoms with Crippen molar-refractivity contribution in [3.63, 3.8) is 0 Å². The first-order chi connectivity index (χ1) is 15.0. The van der Waals surface area contributed by atoms with Gasteiger partial charge >= 0.3 is 0 Å². The molecule has 1 saturated carbocycles. The minimum absolute atomic E-state index is 0.239. The number of primary amides is 1. The molecule has 2 aromatic heterocycles. The van der Waals surface area contributed by atoms with E-state index in [0.717, 1.165) is 43.6 Å². The second-order valence-corrected chi connectivity index (χ2v) is 8.23. The summed E-state index contributed by atoms with van der Waals surface area (Å²) < 4.78 is 1.61. The number of nitrogens with two attached hydrogens (primary N) is 1. The molecule has 1 aromatic carbocycles. The third kappa shape index (κ3) is 3.96. The normalized spacial score (nSPS) is 17.1. The van der Waals surface area contributed by atoms with E-state index < -0.39 is 11.8 Å². The maximum absolute atomic E-state index is 12.8. The number of amides is 2. The number of hydrogen-bond donors (Lipinski definition) is 2. The first-order valence-corrected chi connectivity index (χ1v) is 10.5. The number of carbonyl (C=O) groups excluding carboxylic acids is 2. The number of aromatic nitrogens is 3. The van der Waals surface area contributed by atoms with Crippen LogP contribution in [0, 0.1) is 6.92 Å².